The molecule has 1 aliphatic rings. The van der Waals surface area contributed by atoms with Gasteiger partial charge in [-0.05, 0) is 18.9 Å². The van der Waals surface area contributed by atoms with Crippen LogP contribution in [0.3, 0.4) is 0 Å². The van der Waals surface area contributed by atoms with Gasteiger partial charge < -0.3 is 15.5 Å². The zero-order valence-electron chi connectivity index (χ0n) is 10.6. The second-order valence-corrected chi connectivity index (χ2v) is 4.57. The molecule has 0 aromatic heterocycles. The van der Waals surface area contributed by atoms with E-state index in [1.54, 1.807) is 0 Å². The van der Waals surface area contributed by atoms with Crippen molar-refractivity contribution in [2.24, 2.45) is 0 Å². The van der Waals surface area contributed by atoms with Crippen molar-refractivity contribution in [1.29, 1.82) is 0 Å². The van der Waals surface area contributed by atoms with Gasteiger partial charge in [0.15, 0.2) is 0 Å². The molecule has 1 atom stereocenters. The number of hydrogen-bond acceptors (Lipinski definition) is 2. The van der Waals surface area contributed by atoms with Gasteiger partial charge in [-0.1, -0.05) is 30.3 Å². The van der Waals surface area contributed by atoms with E-state index in [0.29, 0.717) is 0 Å². The number of hydrogen-bond donors (Lipinski definition) is 2. The van der Waals surface area contributed by atoms with E-state index in [2.05, 4.69) is 29.7 Å². The Labute approximate surface area is 108 Å². The maximum atomic E-state index is 11.9. The van der Waals surface area contributed by atoms with E-state index in [4.69, 9.17) is 0 Å². The van der Waals surface area contributed by atoms with Gasteiger partial charge in [0, 0.05) is 32.2 Å². The topological polar surface area (TPSA) is 44.4 Å². The summed E-state index contributed by atoms with van der Waals surface area (Å²) >= 11 is 0. The normalized spacial score (nSPS) is 17.3. The summed E-state index contributed by atoms with van der Waals surface area (Å²) in [5, 5.41) is 6.17. The molecule has 1 radical (unpaired) electrons. The Morgan fingerprint density at radius 2 is 2.00 bits per heavy atom. The van der Waals surface area contributed by atoms with Crippen LogP contribution >= 0.6 is 0 Å². The highest BCUT2D eigenvalue weighted by atomic mass is 16.2. The van der Waals surface area contributed by atoms with E-state index in [9.17, 15) is 4.79 Å². The van der Waals surface area contributed by atoms with Crippen molar-refractivity contribution in [1.82, 2.24) is 15.5 Å². The highest BCUT2D eigenvalue weighted by molar-refractivity contribution is 5.74. The van der Waals surface area contributed by atoms with Gasteiger partial charge in [0.05, 0.1) is 0 Å². The van der Waals surface area contributed by atoms with E-state index < -0.39 is 0 Å². The third-order valence-electron chi connectivity index (χ3n) is 3.06. The van der Waals surface area contributed by atoms with Gasteiger partial charge >= 0.3 is 6.03 Å². The molecule has 1 aromatic rings. The van der Waals surface area contributed by atoms with Gasteiger partial charge in [0.25, 0.3) is 0 Å². The lowest BCUT2D eigenvalue weighted by atomic mass is 10.1. The molecule has 1 aromatic carbocycles. The molecule has 1 saturated heterocycles. The minimum absolute atomic E-state index is 0.00701. The van der Waals surface area contributed by atoms with Crippen LogP contribution < -0.4 is 10.6 Å². The predicted octanol–water partition coefficient (Wildman–Crippen LogP) is 1.05. The van der Waals surface area contributed by atoms with Crippen LogP contribution in [0.15, 0.2) is 30.3 Å². The summed E-state index contributed by atoms with van der Waals surface area (Å²) in [6, 6.07) is 9.99. The van der Waals surface area contributed by atoms with E-state index >= 15 is 0 Å². The second-order valence-electron chi connectivity index (χ2n) is 4.57. The largest absolute Gasteiger partial charge is 0.335 e. The SMILES string of the molecule is [CH2][C@@H](Cc1ccccc1)NC(=O)N1CCNCC1. The number of carbonyl (C=O) groups is 1. The number of amides is 2. The zero-order chi connectivity index (χ0) is 12.8. The van der Waals surface area contributed by atoms with Gasteiger partial charge in [-0.15, -0.1) is 0 Å². The molecule has 1 aliphatic heterocycles. The molecular weight excluding hydrogens is 226 g/mol. The molecule has 97 valence electrons. The Morgan fingerprint density at radius 1 is 1.33 bits per heavy atom. The second kappa shape index (κ2) is 6.40. The standard InChI is InChI=1S/C14H20N3O/c1-12(11-13-5-3-2-4-6-13)16-14(18)17-9-7-15-8-10-17/h2-6,12,15H,1,7-11H2,(H,16,18)/t12-/m0/s1. The van der Waals surface area contributed by atoms with Gasteiger partial charge in [-0.25, -0.2) is 4.79 Å². The summed E-state index contributed by atoms with van der Waals surface area (Å²) in [4.78, 5) is 13.8. The average Bonchev–Trinajstić information content (AvgIpc) is 2.40. The van der Waals surface area contributed by atoms with Crippen LogP contribution in [0.2, 0.25) is 0 Å². The maximum absolute atomic E-state index is 11.9. The maximum Gasteiger partial charge on any atom is 0.317 e. The quantitative estimate of drug-likeness (QED) is 0.837. The molecule has 18 heavy (non-hydrogen) atoms. The number of piperazine rings is 1. The minimum atomic E-state index is -0.0882. The van der Waals surface area contributed by atoms with Crippen LogP contribution in [-0.4, -0.2) is 43.2 Å². The van der Waals surface area contributed by atoms with Gasteiger partial charge in [0.2, 0.25) is 0 Å². The summed E-state index contributed by atoms with van der Waals surface area (Å²) < 4.78 is 0. The Kier molecular flexibility index (Phi) is 4.59. The van der Waals surface area contributed by atoms with Gasteiger partial charge in [-0.3, -0.25) is 0 Å². The number of nitrogens with zero attached hydrogens (tertiary/aromatic N) is 1. The molecule has 0 aliphatic carbocycles. The number of carbonyl (C=O) groups excluding carboxylic acids is 1. The van der Waals surface area contributed by atoms with Crippen molar-refractivity contribution >= 4 is 6.03 Å². The van der Waals surface area contributed by atoms with E-state index in [1.165, 1.54) is 5.56 Å². The van der Waals surface area contributed by atoms with E-state index in [1.807, 2.05) is 23.1 Å². The Morgan fingerprint density at radius 3 is 2.67 bits per heavy atom. The Bertz CT molecular complexity index is 374. The molecule has 4 nitrogen and oxygen atoms in total. The molecule has 1 fully saturated rings. The summed E-state index contributed by atoms with van der Waals surface area (Å²) in [6.45, 7) is 7.27. The number of nitrogens with one attached hydrogen (secondary N) is 2. The van der Waals surface area contributed by atoms with Crippen LogP contribution in [-0.2, 0) is 6.42 Å². The van der Waals surface area contributed by atoms with Crippen LogP contribution in [0.1, 0.15) is 5.56 Å². The molecule has 4 heteroatoms. The Balaban J connectivity index is 1.79. The van der Waals surface area contributed by atoms with Gasteiger partial charge in [0.1, 0.15) is 0 Å². The number of rotatable bonds is 3. The highest BCUT2D eigenvalue weighted by Gasteiger charge is 2.17. The van der Waals surface area contributed by atoms with E-state index in [0.717, 1.165) is 32.6 Å². The first-order valence-corrected chi connectivity index (χ1v) is 6.39. The highest BCUT2D eigenvalue weighted by Crippen LogP contribution is 2.03. The first-order valence-electron chi connectivity index (χ1n) is 6.39. The van der Waals surface area contributed by atoms with Crippen LogP contribution in [0, 0.1) is 6.92 Å². The summed E-state index contributed by atoms with van der Waals surface area (Å²) in [5.41, 5.74) is 1.19. The molecule has 0 spiro atoms. The third kappa shape index (κ3) is 3.74. The number of benzene rings is 1. The molecule has 0 saturated carbocycles. The van der Waals surface area contributed by atoms with Crippen molar-refractivity contribution in [2.45, 2.75) is 12.5 Å². The van der Waals surface area contributed by atoms with Crippen molar-refractivity contribution < 1.29 is 4.79 Å². The molecule has 0 bridgehead atoms. The van der Waals surface area contributed by atoms with Crippen molar-refractivity contribution in [3.8, 4) is 0 Å². The lowest BCUT2D eigenvalue weighted by molar-refractivity contribution is 0.188. The van der Waals surface area contributed by atoms with Crippen LogP contribution in [0.5, 0.6) is 0 Å². The third-order valence-corrected chi connectivity index (χ3v) is 3.06. The van der Waals surface area contributed by atoms with Gasteiger partial charge in [-0.2, -0.15) is 0 Å². The lowest BCUT2D eigenvalue weighted by Gasteiger charge is -2.29. The van der Waals surface area contributed by atoms with Crippen LogP contribution in [0.4, 0.5) is 4.79 Å². The molecule has 1 heterocycles. The summed E-state index contributed by atoms with van der Waals surface area (Å²) in [6.07, 6.45) is 0.763. The van der Waals surface area contributed by atoms with Crippen molar-refractivity contribution in [3.63, 3.8) is 0 Å². The Hall–Kier alpha value is -1.55. The smallest absolute Gasteiger partial charge is 0.317 e. The zero-order valence-corrected chi connectivity index (χ0v) is 10.6. The fourth-order valence-electron chi connectivity index (χ4n) is 2.08. The van der Waals surface area contributed by atoms with Crippen molar-refractivity contribution in [3.05, 3.63) is 42.8 Å². The predicted molar refractivity (Wildman–Crippen MR) is 72.3 cm³/mol. The number of urea groups is 1. The average molecular weight is 246 g/mol. The van der Waals surface area contributed by atoms with Crippen molar-refractivity contribution in [2.75, 3.05) is 26.2 Å². The summed E-state index contributed by atoms with van der Waals surface area (Å²) in [5.74, 6) is 0. The fourth-order valence-corrected chi connectivity index (χ4v) is 2.08. The first-order chi connectivity index (χ1) is 8.75. The monoisotopic (exact) mass is 246 g/mol. The first kappa shape index (κ1) is 12.9. The molecule has 2 amide bonds. The van der Waals surface area contributed by atoms with Crippen LogP contribution in [0.25, 0.3) is 0 Å². The molecule has 2 rings (SSSR count). The summed E-state index contributed by atoms with van der Waals surface area (Å²) in [7, 11) is 0. The molecule has 2 N–H and O–H groups in total. The molecular formula is C14H20N3O. The lowest BCUT2D eigenvalue weighted by Crippen LogP contribution is -2.52. The fraction of sp³-hybridized carbons (Fsp3) is 0.429. The minimum Gasteiger partial charge on any atom is -0.335 e. The van der Waals surface area contributed by atoms with E-state index in [-0.39, 0.29) is 12.1 Å². The molecule has 0 unspecified atom stereocenters.